The molecule has 1 aromatic rings. The molecule has 1 atom stereocenters. The number of hydrogen-bond acceptors (Lipinski definition) is 3. The Balaban J connectivity index is 2.17. The van der Waals surface area contributed by atoms with Gasteiger partial charge in [0, 0.05) is 5.69 Å². The van der Waals surface area contributed by atoms with Gasteiger partial charge in [-0.15, -0.1) is 0 Å². The van der Waals surface area contributed by atoms with Crippen LogP contribution in [0.15, 0.2) is 24.3 Å². The van der Waals surface area contributed by atoms with Gasteiger partial charge in [0.2, 0.25) is 5.91 Å². The van der Waals surface area contributed by atoms with Crippen LogP contribution in [0.2, 0.25) is 0 Å². The maximum absolute atomic E-state index is 12.5. The lowest BCUT2D eigenvalue weighted by Crippen LogP contribution is -2.51. The Kier molecular flexibility index (Phi) is 3.54. The lowest BCUT2D eigenvalue weighted by atomic mass is 9.92. The number of amides is 1. The van der Waals surface area contributed by atoms with E-state index in [0.29, 0.717) is 12.1 Å². The topological polar surface area (TPSA) is 75.3 Å². The molecule has 0 saturated heterocycles. The molecule has 0 aromatic heterocycles. The number of rotatable bonds is 5. The van der Waals surface area contributed by atoms with Crippen LogP contribution in [0.5, 0.6) is 0 Å². The second kappa shape index (κ2) is 4.85. The summed E-state index contributed by atoms with van der Waals surface area (Å²) in [5, 5.41) is 12.4. The molecule has 4 N–H and O–H groups in total. The number of benzene rings is 1. The van der Waals surface area contributed by atoms with Crippen LogP contribution in [0.3, 0.4) is 0 Å². The monoisotopic (exact) mass is 262 g/mol. The van der Waals surface area contributed by atoms with Crippen LogP contribution in [-0.2, 0) is 10.2 Å². The number of anilines is 1. The Bertz CT molecular complexity index is 460. The first-order valence-corrected chi connectivity index (χ1v) is 6.75. The fourth-order valence-electron chi connectivity index (χ4n) is 2.21. The Morgan fingerprint density at radius 2 is 2.00 bits per heavy atom. The average Bonchev–Trinajstić information content (AvgIpc) is 3.21. The highest BCUT2D eigenvalue weighted by Crippen LogP contribution is 2.48. The molecule has 0 bridgehead atoms. The van der Waals surface area contributed by atoms with Gasteiger partial charge in [-0.2, -0.15) is 0 Å². The zero-order chi connectivity index (χ0) is 14.1. The van der Waals surface area contributed by atoms with Gasteiger partial charge in [0.1, 0.15) is 0 Å². The van der Waals surface area contributed by atoms with Gasteiger partial charge in [-0.3, -0.25) is 4.79 Å². The van der Waals surface area contributed by atoms with Gasteiger partial charge < -0.3 is 16.2 Å². The van der Waals surface area contributed by atoms with Crippen LogP contribution in [0, 0.1) is 0 Å². The standard InChI is InChI=1S/C15H22N2O2/c1-3-14(2,10-18)17-13(19)15(8-9-15)11-4-6-12(16)7-5-11/h4-7,18H,3,8-10,16H2,1-2H3,(H,17,19). The molecule has 19 heavy (non-hydrogen) atoms. The van der Waals surface area contributed by atoms with Gasteiger partial charge in [-0.25, -0.2) is 0 Å². The minimum atomic E-state index is -0.541. The van der Waals surface area contributed by atoms with Crippen molar-refractivity contribution in [3.8, 4) is 0 Å². The normalized spacial score (nSPS) is 19.5. The third kappa shape index (κ3) is 2.59. The van der Waals surface area contributed by atoms with Crippen LogP contribution in [0.4, 0.5) is 5.69 Å². The molecular formula is C15H22N2O2. The molecule has 2 rings (SSSR count). The fourth-order valence-corrected chi connectivity index (χ4v) is 2.21. The van der Waals surface area contributed by atoms with Crippen molar-refractivity contribution in [2.24, 2.45) is 0 Å². The number of aliphatic hydroxyl groups is 1. The molecule has 104 valence electrons. The van der Waals surface area contributed by atoms with E-state index in [1.54, 1.807) is 0 Å². The predicted octanol–water partition coefficient (Wildman–Crippen LogP) is 1.58. The van der Waals surface area contributed by atoms with Gasteiger partial charge in [-0.05, 0) is 43.9 Å². The molecule has 1 aliphatic rings. The van der Waals surface area contributed by atoms with Crippen molar-refractivity contribution >= 4 is 11.6 Å². The molecule has 0 heterocycles. The van der Waals surface area contributed by atoms with Crippen molar-refractivity contribution < 1.29 is 9.90 Å². The molecule has 1 aliphatic carbocycles. The van der Waals surface area contributed by atoms with E-state index in [4.69, 9.17) is 5.73 Å². The number of carbonyl (C=O) groups is 1. The highest BCUT2D eigenvalue weighted by Gasteiger charge is 2.52. The van der Waals surface area contributed by atoms with Crippen molar-refractivity contribution in [1.82, 2.24) is 5.32 Å². The van der Waals surface area contributed by atoms with Crippen molar-refractivity contribution in [3.63, 3.8) is 0 Å². The van der Waals surface area contributed by atoms with Crippen molar-refractivity contribution in [3.05, 3.63) is 29.8 Å². The summed E-state index contributed by atoms with van der Waals surface area (Å²) in [5.41, 5.74) is 6.43. The summed E-state index contributed by atoms with van der Waals surface area (Å²) in [6.45, 7) is 3.77. The Morgan fingerprint density at radius 3 is 2.42 bits per heavy atom. The third-order valence-electron chi connectivity index (χ3n) is 4.19. The van der Waals surface area contributed by atoms with Crippen LogP contribution >= 0.6 is 0 Å². The number of aliphatic hydroxyl groups excluding tert-OH is 1. The summed E-state index contributed by atoms with van der Waals surface area (Å²) in [5.74, 6) is 0.00988. The van der Waals surface area contributed by atoms with E-state index in [-0.39, 0.29) is 12.5 Å². The molecule has 1 unspecified atom stereocenters. The van der Waals surface area contributed by atoms with E-state index >= 15 is 0 Å². The minimum Gasteiger partial charge on any atom is -0.399 e. The lowest BCUT2D eigenvalue weighted by Gasteiger charge is -2.30. The van der Waals surface area contributed by atoms with E-state index in [9.17, 15) is 9.90 Å². The summed E-state index contributed by atoms with van der Waals surface area (Å²) in [6.07, 6.45) is 2.41. The number of nitrogen functional groups attached to an aromatic ring is 1. The van der Waals surface area contributed by atoms with Crippen LogP contribution in [-0.4, -0.2) is 23.2 Å². The van der Waals surface area contributed by atoms with Crippen LogP contribution in [0.25, 0.3) is 0 Å². The minimum absolute atomic E-state index is 0.00988. The first-order chi connectivity index (χ1) is 8.96. The average molecular weight is 262 g/mol. The van der Waals surface area contributed by atoms with Gasteiger partial charge in [0.15, 0.2) is 0 Å². The highest BCUT2D eigenvalue weighted by molar-refractivity contribution is 5.91. The summed E-state index contributed by atoms with van der Waals surface area (Å²) in [7, 11) is 0. The Morgan fingerprint density at radius 1 is 1.42 bits per heavy atom. The Labute approximate surface area is 114 Å². The molecule has 1 amide bonds. The van der Waals surface area contributed by atoms with Crippen molar-refractivity contribution in [2.75, 3.05) is 12.3 Å². The molecule has 0 radical (unpaired) electrons. The van der Waals surface area contributed by atoms with Crippen molar-refractivity contribution in [1.29, 1.82) is 0 Å². The molecule has 1 aromatic carbocycles. The second-order valence-electron chi connectivity index (χ2n) is 5.73. The van der Waals surface area contributed by atoms with Gasteiger partial charge >= 0.3 is 0 Å². The summed E-state index contributed by atoms with van der Waals surface area (Å²) in [6, 6.07) is 7.50. The molecule has 0 spiro atoms. The van der Waals surface area contributed by atoms with E-state index in [1.807, 2.05) is 38.1 Å². The largest absolute Gasteiger partial charge is 0.399 e. The van der Waals surface area contributed by atoms with Gasteiger partial charge in [-0.1, -0.05) is 19.1 Å². The maximum Gasteiger partial charge on any atom is 0.231 e. The summed E-state index contributed by atoms with van der Waals surface area (Å²) < 4.78 is 0. The van der Waals surface area contributed by atoms with Crippen LogP contribution in [0.1, 0.15) is 38.7 Å². The van der Waals surface area contributed by atoms with E-state index in [2.05, 4.69) is 5.32 Å². The molecule has 1 saturated carbocycles. The zero-order valence-corrected chi connectivity index (χ0v) is 11.6. The van der Waals surface area contributed by atoms with Crippen molar-refractivity contribution in [2.45, 2.75) is 44.1 Å². The maximum atomic E-state index is 12.5. The number of hydrogen-bond donors (Lipinski definition) is 3. The van der Waals surface area contributed by atoms with Crippen LogP contribution < -0.4 is 11.1 Å². The highest BCUT2D eigenvalue weighted by atomic mass is 16.3. The molecular weight excluding hydrogens is 240 g/mol. The first kappa shape index (κ1) is 13.9. The lowest BCUT2D eigenvalue weighted by molar-refractivity contribution is -0.126. The summed E-state index contributed by atoms with van der Waals surface area (Å²) >= 11 is 0. The number of nitrogens with two attached hydrogens (primary N) is 1. The molecule has 4 nitrogen and oxygen atoms in total. The van der Waals surface area contributed by atoms with Gasteiger partial charge in [0.25, 0.3) is 0 Å². The SMILES string of the molecule is CCC(C)(CO)NC(=O)C1(c2ccc(N)cc2)CC1. The molecule has 4 heteroatoms. The smallest absolute Gasteiger partial charge is 0.231 e. The van der Waals surface area contributed by atoms with E-state index in [1.165, 1.54) is 0 Å². The molecule has 1 fully saturated rings. The fraction of sp³-hybridized carbons (Fsp3) is 0.533. The number of nitrogens with one attached hydrogen (secondary N) is 1. The zero-order valence-electron chi connectivity index (χ0n) is 11.6. The van der Waals surface area contributed by atoms with E-state index < -0.39 is 11.0 Å². The number of carbonyl (C=O) groups excluding carboxylic acids is 1. The second-order valence-corrected chi connectivity index (χ2v) is 5.73. The third-order valence-corrected chi connectivity index (χ3v) is 4.19. The Hall–Kier alpha value is -1.55. The first-order valence-electron chi connectivity index (χ1n) is 6.75. The quantitative estimate of drug-likeness (QED) is 0.705. The molecule has 0 aliphatic heterocycles. The summed E-state index contributed by atoms with van der Waals surface area (Å²) in [4.78, 5) is 12.5. The van der Waals surface area contributed by atoms with E-state index in [0.717, 1.165) is 18.4 Å². The predicted molar refractivity (Wildman–Crippen MR) is 75.7 cm³/mol. The van der Waals surface area contributed by atoms with Gasteiger partial charge in [0.05, 0.1) is 17.6 Å².